The van der Waals surface area contributed by atoms with Crippen molar-refractivity contribution in [2.24, 2.45) is 0 Å². The third-order valence-electron chi connectivity index (χ3n) is 3.57. The van der Waals surface area contributed by atoms with E-state index >= 15 is 0 Å². The Balaban J connectivity index is 1.98. The molecule has 0 amide bonds. The van der Waals surface area contributed by atoms with E-state index < -0.39 is 0 Å². The third kappa shape index (κ3) is 2.29. The van der Waals surface area contributed by atoms with Gasteiger partial charge in [-0.15, -0.1) is 0 Å². The second kappa shape index (κ2) is 5.05. The summed E-state index contributed by atoms with van der Waals surface area (Å²) in [5.41, 5.74) is 2.04. The molecule has 0 atom stereocenters. The standard InChI is InChI=1S/C17H13FO3/c1-21-16-6-5-10(8-15(16)19)7-11-9-13-12(17(11)20)3-2-4-14(13)18/h2-8,19H,9H2,1H3/b11-7-. The van der Waals surface area contributed by atoms with Gasteiger partial charge in [-0.1, -0.05) is 18.2 Å². The van der Waals surface area contributed by atoms with E-state index in [1.807, 2.05) is 0 Å². The predicted molar refractivity (Wildman–Crippen MR) is 77.1 cm³/mol. The van der Waals surface area contributed by atoms with Crippen molar-refractivity contribution in [3.05, 3.63) is 64.5 Å². The van der Waals surface area contributed by atoms with E-state index in [0.717, 1.165) is 0 Å². The molecule has 0 fully saturated rings. The molecular weight excluding hydrogens is 271 g/mol. The monoisotopic (exact) mass is 284 g/mol. The highest BCUT2D eigenvalue weighted by Gasteiger charge is 2.27. The van der Waals surface area contributed by atoms with Crippen LogP contribution < -0.4 is 4.74 Å². The average molecular weight is 284 g/mol. The summed E-state index contributed by atoms with van der Waals surface area (Å²) in [4.78, 5) is 12.2. The summed E-state index contributed by atoms with van der Waals surface area (Å²) in [6.07, 6.45) is 1.94. The van der Waals surface area contributed by atoms with Crippen molar-refractivity contribution in [2.45, 2.75) is 6.42 Å². The van der Waals surface area contributed by atoms with Crippen LogP contribution in [0.15, 0.2) is 42.0 Å². The van der Waals surface area contributed by atoms with E-state index in [4.69, 9.17) is 4.74 Å². The van der Waals surface area contributed by atoms with Crippen LogP contribution in [0.3, 0.4) is 0 Å². The summed E-state index contributed by atoms with van der Waals surface area (Å²) in [6, 6.07) is 9.39. The molecule has 3 rings (SSSR count). The maximum Gasteiger partial charge on any atom is 0.189 e. The number of fused-ring (bicyclic) bond motifs is 1. The van der Waals surface area contributed by atoms with Gasteiger partial charge in [0.25, 0.3) is 0 Å². The summed E-state index contributed by atoms with van der Waals surface area (Å²) >= 11 is 0. The van der Waals surface area contributed by atoms with Crippen molar-refractivity contribution in [1.29, 1.82) is 0 Å². The molecule has 106 valence electrons. The Kier molecular flexibility index (Phi) is 3.22. The molecule has 0 unspecified atom stereocenters. The largest absolute Gasteiger partial charge is 0.504 e. The van der Waals surface area contributed by atoms with Gasteiger partial charge in [0.15, 0.2) is 17.3 Å². The number of phenols is 1. The maximum atomic E-state index is 13.7. The molecule has 0 spiro atoms. The number of benzene rings is 2. The molecule has 0 heterocycles. The van der Waals surface area contributed by atoms with Crippen LogP contribution in [0.2, 0.25) is 0 Å². The molecule has 0 radical (unpaired) electrons. The molecule has 1 N–H and O–H groups in total. The number of halogens is 1. The quantitative estimate of drug-likeness (QED) is 0.860. The minimum absolute atomic E-state index is 0.000917. The second-order valence-electron chi connectivity index (χ2n) is 4.87. The van der Waals surface area contributed by atoms with Gasteiger partial charge in [-0.3, -0.25) is 4.79 Å². The van der Waals surface area contributed by atoms with Gasteiger partial charge in [0.05, 0.1) is 7.11 Å². The number of methoxy groups -OCH3 is 1. The Hall–Kier alpha value is -2.62. The Morgan fingerprint density at radius 3 is 2.76 bits per heavy atom. The molecule has 0 bridgehead atoms. The molecule has 4 heteroatoms. The van der Waals surface area contributed by atoms with Crippen LogP contribution in [0.5, 0.6) is 11.5 Å². The molecule has 0 aromatic heterocycles. The van der Waals surface area contributed by atoms with Crippen LogP contribution >= 0.6 is 0 Å². The highest BCUT2D eigenvalue weighted by atomic mass is 19.1. The Morgan fingerprint density at radius 2 is 2.10 bits per heavy atom. The Bertz CT molecular complexity index is 763. The van der Waals surface area contributed by atoms with E-state index in [2.05, 4.69) is 0 Å². The van der Waals surface area contributed by atoms with Crippen molar-refractivity contribution < 1.29 is 19.0 Å². The zero-order chi connectivity index (χ0) is 15.0. The summed E-state index contributed by atoms with van der Waals surface area (Å²) < 4.78 is 18.7. The van der Waals surface area contributed by atoms with Crippen molar-refractivity contribution >= 4 is 11.9 Å². The Labute approximate surface area is 121 Å². The van der Waals surface area contributed by atoms with Crippen LogP contribution in [0.4, 0.5) is 4.39 Å². The van der Waals surface area contributed by atoms with Crippen LogP contribution in [0.25, 0.3) is 6.08 Å². The first-order chi connectivity index (χ1) is 10.1. The highest BCUT2D eigenvalue weighted by molar-refractivity contribution is 6.15. The smallest absolute Gasteiger partial charge is 0.189 e. The number of carbonyl (C=O) groups excluding carboxylic acids is 1. The number of rotatable bonds is 2. The fourth-order valence-electron chi connectivity index (χ4n) is 2.51. The number of hydrogen-bond acceptors (Lipinski definition) is 3. The number of hydrogen-bond donors (Lipinski definition) is 1. The van der Waals surface area contributed by atoms with Crippen LogP contribution in [0, 0.1) is 5.82 Å². The number of carbonyl (C=O) groups is 1. The second-order valence-corrected chi connectivity index (χ2v) is 4.87. The number of phenolic OH excluding ortho intramolecular Hbond substituents is 1. The van der Waals surface area contributed by atoms with E-state index in [9.17, 15) is 14.3 Å². The molecule has 1 aliphatic rings. The highest BCUT2D eigenvalue weighted by Crippen LogP contribution is 2.31. The molecule has 0 saturated carbocycles. The summed E-state index contributed by atoms with van der Waals surface area (Å²) in [7, 11) is 1.47. The lowest BCUT2D eigenvalue weighted by atomic mass is 10.1. The van der Waals surface area contributed by atoms with Gasteiger partial charge in [-0.2, -0.15) is 0 Å². The number of aromatic hydroxyl groups is 1. The Morgan fingerprint density at radius 1 is 1.29 bits per heavy atom. The molecule has 0 saturated heterocycles. The topological polar surface area (TPSA) is 46.5 Å². The summed E-state index contributed by atoms with van der Waals surface area (Å²) in [5, 5.41) is 9.75. The zero-order valence-corrected chi connectivity index (χ0v) is 11.4. The molecule has 1 aliphatic carbocycles. The lowest BCUT2D eigenvalue weighted by Gasteiger charge is -2.04. The van der Waals surface area contributed by atoms with Gasteiger partial charge in [0, 0.05) is 23.1 Å². The van der Waals surface area contributed by atoms with Gasteiger partial charge >= 0.3 is 0 Å². The van der Waals surface area contributed by atoms with Crippen LogP contribution in [0.1, 0.15) is 21.5 Å². The summed E-state index contributed by atoms with van der Waals surface area (Å²) in [6.45, 7) is 0. The van der Waals surface area contributed by atoms with E-state index in [-0.39, 0.29) is 23.8 Å². The van der Waals surface area contributed by atoms with Gasteiger partial charge in [0.1, 0.15) is 5.82 Å². The normalized spacial score (nSPS) is 15.3. The number of ketones is 1. The fraction of sp³-hybridized carbons (Fsp3) is 0.118. The number of Topliss-reactive ketones (excluding diaryl/α,β-unsaturated/α-hetero) is 1. The van der Waals surface area contributed by atoms with E-state index in [0.29, 0.717) is 28.0 Å². The molecule has 3 nitrogen and oxygen atoms in total. The lowest BCUT2D eigenvalue weighted by molar-refractivity contribution is 0.104. The average Bonchev–Trinajstić information content (AvgIpc) is 2.78. The van der Waals surface area contributed by atoms with Gasteiger partial charge < -0.3 is 9.84 Å². The summed E-state index contributed by atoms with van der Waals surface area (Å²) in [5.74, 6) is -0.160. The van der Waals surface area contributed by atoms with Crippen LogP contribution in [-0.2, 0) is 6.42 Å². The van der Waals surface area contributed by atoms with Gasteiger partial charge in [0.2, 0.25) is 0 Å². The van der Waals surface area contributed by atoms with Crippen molar-refractivity contribution in [1.82, 2.24) is 0 Å². The number of ether oxygens (including phenoxy) is 1. The maximum absolute atomic E-state index is 13.7. The molecule has 2 aromatic rings. The molecule has 0 aliphatic heterocycles. The van der Waals surface area contributed by atoms with E-state index in [1.54, 1.807) is 24.3 Å². The first-order valence-corrected chi connectivity index (χ1v) is 6.50. The van der Waals surface area contributed by atoms with Crippen molar-refractivity contribution in [2.75, 3.05) is 7.11 Å². The first kappa shape index (κ1) is 13.4. The lowest BCUT2D eigenvalue weighted by Crippen LogP contribution is -1.95. The fourth-order valence-corrected chi connectivity index (χ4v) is 2.51. The van der Waals surface area contributed by atoms with Gasteiger partial charge in [-0.05, 0) is 29.8 Å². The molecule has 2 aromatic carbocycles. The minimum Gasteiger partial charge on any atom is -0.504 e. The third-order valence-corrected chi connectivity index (χ3v) is 3.57. The minimum atomic E-state index is -0.359. The predicted octanol–water partition coefficient (Wildman–Crippen LogP) is 3.36. The van der Waals surface area contributed by atoms with E-state index in [1.165, 1.54) is 25.3 Å². The van der Waals surface area contributed by atoms with Crippen molar-refractivity contribution in [3.8, 4) is 11.5 Å². The van der Waals surface area contributed by atoms with Crippen LogP contribution in [-0.4, -0.2) is 18.0 Å². The number of allylic oxidation sites excluding steroid dienone is 1. The van der Waals surface area contributed by atoms with Crippen molar-refractivity contribution in [3.63, 3.8) is 0 Å². The SMILES string of the molecule is COc1ccc(/C=C2/Cc3c(F)cccc3C2=O)cc1O. The molecule has 21 heavy (non-hydrogen) atoms. The zero-order valence-electron chi connectivity index (χ0n) is 11.4. The molecular formula is C17H13FO3. The van der Waals surface area contributed by atoms with Gasteiger partial charge in [-0.25, -0.2) is 4.39 Å². The first-order valence-electron chi connectivity index (χ1n) is 6.50.